The number of hydrogen-bond acceptors (Lipinski definition) is 1. The van der Waals surface area contributed by atoms with Gasteiger partial charge in [-0.1, -0.05) is 90.2 Å². The number of phenols is 1. The number of hydrogen-bond donors (Lipinski definition) is 1. The molecule has 0 radical (unpaired) electrons. The van der Waals surface area contributed by atoms with Gasteiger partial charge in [0.05, 0.1) is 0 Å². The Hall–Kier alpha value is -0.980. The lowest BCUT2D eigenvalue weighted by molar-refractivity contribution is 0.462. The highest BCUT2D eigenvalue weighted by molar-refractivity contribution is 5.43. The Morgan fingerprint density at radius 2 is 1.21 bits per heavy atom. The number of aromatic hydroxyl groups is 1. The molecule has 0 heterocycles. The number of phenolic OH excluding ortho intramolecular Hbond substituents is 1. The first kappa shape index (κ1) is 21.1. The molecule has 0 amide bonds. The number of aryl methyl sites for hydroxylation is 3. The topological polar surface area (TPSA) is 20.2 Å². The third kappa shape index (κ3) is 8.76. The van der Waals surface area contributed by atoms with Crippen LogP contribution in [0.1, 0.15) is 108 Å². The van der Waals surface area contributed by atoms with Gasteiger partial charge < -0.3 is 5.11 Å². The minimum atomic E-state index is 0.523. The Morgan fingerprint density at radius 1 is 0.667 bits per heavy atom. The van der Waals surface area contributed by atoms with E-state index < -0.39 is 0 Å². The second-order valence-corrected chi connectivity index (χ2v) is 7.46. The second kappa shape index (κ2) is 13.3. The molecular weight excluding hydrogens is 292 g/mol. The van der Waals surface area contributed by atoms with Crippen molar-refractivity contribution in [3.63, 3.8) is 0 Å². The second-order valence-electron chi connectivity index (χ2n) is 7.46. The molecule has 0 atom stereocenters. The zero-order valence-corrected chi connectivity index (χ0v) is 16.5. The van der Waals surface area contributed by atoms with Crippen LogP contribution in [0.25, 0.3) is 0 Å². The molecule has 1 aromatic rings. The summed E-state index contributed by atoms with van der Waals surface area (Å²) in [5.74, 6) is 0.523. The van der Waals surface area contributed by atoms with Gasteiger partial charge in [0.1, 0.15) is 5.75 Å². The van der Waals surface area contributed by atoms with Gasteiger partial charge in [-0.05, 0) is 49.3 Å². The molecular formula is C23H40O. The van der Waals surface area contributed by atoms with E-state index in [1.807, 2.05) is 6.92 Å². The summed E-state index contributed by atoms with van der Waals surface area (Å²) in [6, 6.07) is 4.42. The monoisotopic (exact) mass is 332 g/mol. The van der Waals surface area contributed by atoms with Gasteiger partial charge >= 0.3 is 0 Å². The molecule has 1 nitrogen and oxygen atoms in total. The first-order valence-electron chi connectivity index (χ1n) is 10.5. The van der Waals surface area contributed by atoms with Crippen LogP contribution < -0.4 is 0 Å². The van der Waals surface area contributed by atoms with Crippen LogP contribution in [0.3, 0.4) is 0 Å². The molecule has 1 heteroatoms. The molecule has 1 aromatic carbocycles. The quantitative estimate of drug-likeness (QED) is 0.349. The van der Waals surface area contributed by atoms with Crippen molar-refractivity contribution in [2.75, 3.05) is 0 Å². The molecule has 0 aromatic heterocycles. The van der Waals surface area contributed by atoms with Crippen molar-refractivity contribution in [2.24, 2.45) is 0 Å². The zero-order chi connectivity index (χ0) is 17.6. The van der Waals surface area contributed by atoms with E-state index in [2.05, 4.69) is 26.0 Å². The summed E-state index contributed by atoms with van der Waals surface area (Å²) >= 11 is 0. The fraction of sp³-hybridized carbons (Fsp3) is 0.739. The molecule has 1 rings (SSSR count). The molecule has 0 aliphatic rings. The normalized spacial score (nSPS) is 11.1. The fourth-order valence-electron chi connectivity index (χ4n) is 3.45. The summed E-state index contributed by atoms with van der Waals surface area (Å²) in [7, 11) is 0. The van der Waals surface area contributed by atoms with Gasteiger partial charge in [-0.3, -0.25) is 0 Å². The largest absolute Gasteiger partial charge is 0.507 e. The van der Waals surface area contributed by atoms with Gasteiger partial charge in [0.2, 0.25) is 0 Å². The molecule has 0 spiro atoms. The SMILES string of the molecule is CCCCCCCCCCCCc1cc(C)c(O)c(CCCC)c1. The van der Waals surface area contributed by atoms with Crippen molar-refractivity contribution in [2.45, 2.75) is 111 Å². The van der Waals surface area contributed by atoms with Gasteiger partial charge in [0.25, 0.3) is 0 Å². The van der Waals surface area contributed by atoms with Gasteiger partial charge in [0.15, 0.2) is 0 Å². The highest BCUT2D eigenvalue weighted by Gasteiger charge is 2.07. The summed E-state index contributed by atoms with van der Waals surface area (Å²) < 4.78 is 0. The first-order chi connectivity index (χ1) is 11.7. The molecule has 138 valence electrons. The lowest BCUT2D eigenvalue weighted by Gasteiger charge is -2.11. The van der Waals surface area contributed by atoms with Gasteiger partial charge in [0, 0.05) is 0 Å². The molecule has 0 fully saturated rings. The standard InChI is InChI=1S/C23H40O/c1-4-6-8-9-10-11-12-13-14-15-16-21-18-20(3)23(24)22(19-21)17-7-5-2/h18-19,24H,4-17H2,1-3H3. The number of unbranched alkanes of at least 4 members (excludes halogenated alkanes) is 10. The van der Waals surface area contributed by atoms with Crippen molar-refractivity contribution < 1.29 is 5.11 Å². The highest BCUT2D eigenvalue weighted by Crippen LogP contribution is 2.26. The molecule has 0 aliphatic carbocycles. The van der Waals surface area contributed by atoms with Gasteiger partial charge in [-0.2, -0.15) is 0 Å². The van der Waals surface area contributed by atoms with Crippen LogP contribution in [0.5, 0.6) is 5.75 Å². The van der Waals surface area contributed by atoms with Crippen LogP contribution in [0.4, 0.5) is 0 Å². The van der Waals surface area contributed by atoms with E-state index in [0.717, 1.165) is 30.4 Å². The van der Waals surface area contributed by atoms with E-state index in [1.165, 1.54) is 76.2 Å². The van der Waals surface area contributed by atoms with Crippen LogP contribution in [-0.4, -0.2) is 5.11 Å². The number of benzene rings is 1. The van der Waals surface area contributed by atoms with Crippen molar-refractivity contribution in [3.05, 3.63) is 28.8 Å². The Labute approximate surface area is 150 Å². The van der Waals surface area contributed by atoms with E-state index in [9.17, 15) is 5.11 Å². The van der Waals surface area contributed by atoms with E-state index in [1.54, 1.807) is 0 Å². The smallest absolute Gasteiger partial charge is 0.121 e. The highest BCUT2D eigenvalue weighted by atomic mass is 16.3. The van der Waals surface area contributed by atoms with Crippen LogP contribution in [0, 0.1) is 6.92 Å². The maximum absolute atomic E-state index is 10.2. The van der Waals surface area contributed by atoms with E-state index in [-0.39, 0.29) is 0 Å². The van der Waals surface area contributed by atoms with Crippen LogP contribution in [0.15, 0.2) is 12.1 Å². The summed E-state index contributed by atoms with van der Waals surface area (Å²) in [5.41, 5.74) is 3.61. The lowest BCUT2D eigenvalue weighted by Crippen LogP contribution is -1.94. The average molecular weight is 333 g/mol. The van der Waals surface area contributed by atoms with Crippen LogP contribution >= 0.6 is 0 Å². The minimum Gasteiger partial charge on any atom is -0.507 e. The average Bonchev–Trinajstić information content (AvgIpc) is 2.58. The van der Waals surface area contributed by atoms with Crippen LogP contribution in [-0.2, 0) is 12.8 Å². The van der Waals surface area contributed by atoms with Crippen LogP contribution in [0.2, 0.25) is 0 Å². The van der Waals surface area contributed by atoms with Crippen molar-refractivity contribution in [1.29, 1.82) is 0 Å². The molecule has 1 N–H and O–H groups in total. The molecule has 24 heavy (non-hydrogen) atoms. The third-order valence-electron chi connectivity index (χ3n) is 5.06. The van der Waals surface area contributed by atoms with Crippen molar-refractivity contribution in [3.8, 4) is 5.75 Å². The van der Waals surface area contributed by atoms with Crippen molar-refractivity contribution in [1.82, 2.24) is 0 Å². The van der Waals surface area contributed by atoms with E-state index in [0.29, 0.717) is 5.75 Å². The Kier molecular flexibility index (Phi) is 11.7. The Morgan fingerprint density at radius 3 is 1.79 bits per heavy atom. The van der Waals surface area contributed by atoms with E-state index >= 15 is 0 Å². The predicted molar refractivity (Wildman–Crippen MR) is 107 cm³/mol. The first-order valence-corrected chi connectivity index (χ1v) is 10.5. The fourth-order valence-corrected chi connectivity index (χ4v) is 3.45. The molecule has 0 saturated carbocycles. The van der Waals surface area contributed by atoms with Crippen molar-refractivity contribution >= 4 is 0 Å². The van der Waals surface area contributed by atoms with Gasteiger partial charge in [-0.15, -0.1) is 0 Å². The molecule has 0 bridgehead atoms. The maximum Gasteiger partial charge on any atom is 0.121 e. The third-order valence-corrected chi connectivity index (χ3v) is 5.06. The van der Waals surface area contributed by atoms with Gasteiger partial charge in [-0.25, -0.2) is 0 Å². The molecule has 0 unspecified atom stereocenters. The maximum atomic E-state index is 10.2. The Bertz CT molecular complexity index is 436. The minimum absolute atomic E-state index is 0.523. The summed E-state index contributed by atoms with van der Waals surface area (Å²) in [5, 5.41) is 10.2. The lowest BCUT2D eigenvalue weighted by atomic mass is 9.97. The molecule has 0 aliphatic heterocycles. The summed E-state index contributed by atoms with van der Waals surface area (Å²) in [6.07, 6.45) is 18.4. The Balaban J connectivity index is 2.19. The number of rotatable bonds is 14. The predicted octanol–water partition coefficient (Wildman–Crippen LogP) is 7.51. The summed E-state index contributed by atoms with van der Waals surface area (Å²) in [6.45, 7) is 6.52. The van der Waals surface area contributed by atoms with E-state index in [4.69, 9.17) is 0 Å². The zero-order valence-electron chi connectivity index (χ0n) is 16.5. The molecule has 0 saturated heterocycles. The summed E-state index contributed by atoms with van der Waals surface area (Å²) in [4.78, 5) is 0.